The Hall–Kier alpha value is -0.970. The summed E-state index contributed by atoms with van der Waals surface area (Å²) in [4.78, 5) is 6.28. The summed E-state index contributed by atoms with van der Waals surface area (Å²) in [5.41, 5.74) is 1.28. The van der Waals surface area contributed by atoms with Crippen molar-refractivity contribution in [2.75, 3.05) is 34.4 Å². The number of likely N-dealkylation sites (N-methyl/N-ethyl adjacent to an activating group) is 2. The third-order valence-electron chi connectivity index (χ3n) is 2.51. The van der Waals surface area contributed by atoms with Gasteiger partial charge in [0.1, 0.15) is 0 Å². The fraction of sp³-hybridized carbons (Fsp3) is 0.583. The molecule has 0 amide bonds. The molecule has 1 N–H and O–H groups in total. The van der Waals surface area contributed by atoms with Crippen LogP contribution < -0.4 is 5.32 Å². The smallest absolute Gasteiger partial charge is 0.0628 e. The van der Waals surface area contributed by atoms with Crippen LogP contribution in [0.2, 0.25) is 0 Å². The monoisotopic (exact) mass is 223 g/mol. The van der Waals surface area contributed by atoms with Gasteiger partial charge in [-0.2, -0.15) is 0 Å². The average molecular weight is 223 g/mol. The quantitative estimate of drug-likeness (QED) is 0.740. The maximum absolute atomic E-state index is 5.15. The molecule has 16 heavy (non-hydrogen) atoms. The van der Waals surface area contributed by atoms with Crippen molar-refractivity contribution in [1.82, 2.24) is 15.2 Å². The van der Waals surface area contributed by atoms with E-state index >= 15 is 0 Å². The second-order valence-corrected chi connectivity index (χ2v) is 3.99. The first-order chi connectivity index (χ1) is 7.76. The molecule has 0 fully saturated rings. The molecule has 4 heteroatoms. The highest BCUT2D eigenvalue weighted by Crippen LogP contribution is 2.01. The standard InChI is InChI=1S/C12H21N3O/c1-13-12(10-16-3)9-15(2)8-11-4-6-14-7-5-11/h4-7,12-13H,8-10H2,1-3H3. The maximum atomic E-state index is 5.15. The summed E-state index contributed by atoms with van der Waals surface area (Å²) in [6.45, 7) is 2.63. The zero-order valence-electron chi connectivity index (χ0n) is 10.3. The Bertz CT molecular complexity index is 279. The van der Waals surface area contributed by atoms with E-state index in [9.17, 15) is 0 Å². The molecule has 4 nitrogen and oxygen atoms in total. The van der Waals surface area contributed by atoms with Gasteiger partial charge >= 0.3 is 0 Å². The summed E-state index contributed by atoms with van der Waals surface area (Å²) in [7, 11) is 5.80. The van der Waals surface area contributed by atoms with Crippen molar-refractivity contribution in [3.05, 3.63) is 30.1 Å². The third kappa shape index (κ3) is 4.70. The minimum Gasteiger partial charge on any atom is -0.383 e. The van der Waals surface area contributed by atoms with Crippen LogP contribution in [0.15, 0.2) is 24.5 Å². The highest BCUT2D eigenvalue weighted by atomic mass is 16.5. The molecule has 0 bridgehead atoms. The summed E-state index contributed by atoms with van der Waals surface area (Å²) in [6, 6.07) is 4.46. The first-order valence-corrected chi connectivity index (χ1v) is 5.50. The molecule has 1 atom stereocenters. The van der Waals surface area contributed by atoms with E-state index in [0.717, 1.165) is 19.7 Å². The number of hydrogen-bond donors (Lipinski definition) is 1. The summed E-state index contributed by atoms with van der Waals surface area (Å²) in [5.74, 6) is 0. The maximum Gasteiger partial charge on any atom is 0.0628 e. The predicted molar refractivity (Wildman–Crippen MR) is 65.3 cm³/mol. The van der Waals surface area contributed by atoms with Crippen molar-refractivity contribution in [2.45, 2.75) is 12.6 Å². The minimum absolute atomic E-state index is 0.372. The number of ether oxygens (including phenoxy) is 1. The van der Waals surface area contributed by atoms with Gasteiger partial charge in [-0.3, -0.25) is 4.98 Å². The van der Waals surface area contributed by atoms with Crippen LogP contribution >= 0.6 is 0 Å². The molecule has 0 saturated carbocycles. The van der Waals surface area contributed by atoms with E-state index in [1.54, 1.807) is 7.11 Å². The van der Waals surface area contributed by atoms with Crippen molar-refractivity contribution in [1.29, 1.82) is 0 Å². The van der Waals surface area contributed by atoms with E-state index in [0.29, 0.717) is 6.04 Å². The molecule has 0 aromatic carbocycles. The van der Waals surface area contributed by atoms with Gasteiger partial charge in [-0.1, -0.05) is 0 Å². The number of nitrogens with zero attached hydrogens (tertiary/aromatic N) is 2. The van der Waals surface area contributed by atoms with Crippen LogP contribution in [0.25, 0.3) is 0 Å². The molecule has 0 saturated heterocycles. The average Bonchev–Trinajstić information content (AvgIpc) is 2.29. The van der Waals surface area contributed by atoms with Crippen LogP contribution in [0.4, 0.5) is 0 Å². The second kappa shape index (κ2) is 7.33. The molecule has 1 unspecified atom stereocenters. The van der Waals surface area contributed by atoms with Gasteiger partial charge in [-0.15, -0.1) is 0 Å². The number of pyridine rings is 1. The van der Waals surface area contributed by atoms with Crippen LogP contribution in [0.5, 0.6) is 0 Å². The lowest BCUT2D eigenvalue weighted by atomic mass is 10.2. The topological polar surface area (TPSA) is 37.4 Å². The van der Waals surface area contributed by atoms with Gasteiger partial charge < -0.3 is 15.0 Å². The van der Waals surface area contributed by atoms with Gasteiger partial charge in [0.05, 0.1) is 6.61 Å². The van der Waals surface area contributed by atoms with Crippen LogP contribution in [0, 0.1) is 0 Å². The van der Waals surface area contributed by atoms with Crippen molar-refractivity contribution in [3.63, 3.8) is 0 Å². The largest absolute Gasteiger partial charge is 0.383 e. The molecular weight excluding hydrogens is 202 g/mol. The fourth-order valence-electron chi connectivity index (χ4n) is 1.67. The van der Waals surface area contributed by atoms with E-state index in [2.05, 4.69) is 22.2 Å². The molecule has 0 aliphatic heterocycles. The molecule has 0 spiro atoms. The highest BCUT2D eigenvalue weighted by Gasteiger charge is 2.09. The van der Waals surface area contributed by atoms with Crippen LogP contribution in [-0.4, -0.2) is 50.3 Å². The van der Waals surface area contributed by atoms with Crippen molar-refractivity contribution < 1.29 is 4.74 Å². The van der Waals surface area contributed by atoms with E-state index in [4.69, 9.17) is 4.74 Å². The SMILES string of the molecule is CNC(COC)CN(C)Cc1ccncc1. The molecule has 1 rings (SSSR count). The fourth-order valence-corrected chi connectivity index (χ4v) is 1.67. The van der Waals surface area contributed by atoms with Gasteiger partial charge in [-0.05, 0) is 31.8 Å². The summed E-state index contributed by atoms with van der Waals surface area (Å²) >= 11 is 0. The molecule has 0 aliphatic carbocycles. The van der Waals surface area contributed by atoms with Crippen LogP contribution in [0.3, 0.4) is 0 Å². The number of aromatic nitrogens is 1. The number of nitrogens with one attached hydrogen (secondary N) is 1. The number of rotatable bonds is 7. The van der Waals surface area contributed by atoms with E-state index < -0.39 is 0 Å². The zero-order valence-corrected chi connectivity index (χ0v) is 10.3. The Morgan fingerprint density at radius 1 is 1.44 bits per heavy atom. The molecule has 1 aromatic heterocycles. The van der Waals surface area contributed by atoms with Gasteiger partial charge in [0, 0.05) is 38.6 Å². The van der Waals surface area contributed by atoms with Gasteiger partial charge in [0.15, 0.2) is 0 Å². The predicted octanol–water partition coefficient (Wildman–Crippen LogP) is 0.748. The lowest BCUT2D eigenvalue weighted by molar-refractivity contribution is 0.147. The van der Waals surface area contributed by atoms with Gasteiger partial charge in [0.2, 0.25) is 0 Å². The molecular formula is C12H21N3O. The third-order valence-corrected chi connectivity index (χ3v) is 2.51. The van der Waals surface area contributed by atoms with Crippen molar-refractivity contribution in [3.8, 4) is 0 Å². The van der Waals surface area contributed by atoms with Gasteiger partial charge in [-0.25, -0.2) is 0 Å². The molecule has 90 valence electrons. The second-order valence-electron chi connectivity index (χ2n) is 3.99. The Labute approximate surface area is 97.6 Å². The highest BCUT2D eigenvalue weighted by molar-refractivity contribution is 5.09. The van der Waals surface area contributed by atoms with E-state index in [-0.39, 0.29) is 0 Å². The Kier molecular flexibility index (Phi) is 6.00. The van der Waals surface area contributed by atoms with E-state index in [1.807, 2.05) is 31.6 Å². The summed E-state index contributed by atoms with van der Waals surface area (Å²) < 4.78 is 5.15. The zero-order chi connectivity index (χ0) is 11.8. The Morgan fingerprint density at radius 2 is 2.12 bits per heavy atom. The number of hydrogen-bond acceptors (Lipinski definition) is 4. The first-order valence-electron chi connectivity index (χ1n) is 5.50. The number of methoxy groups -OCH3 is 1. The molecule has 0 radical (unpaired) electrons. The van der Waals surface area contributed by atoms with Crippen molar-refractivity contribution in [2.24, 2.45) is 0 Å². The molecule has 1 heterocycles. The molecule has 1 aromatic rings. The minimum atomic E-state index is 0.372. The lowest BCUT2D eigenvalue weighted by Crippen LogP contribution is -2.40. The van der Waals surface area contributed by atoms with Crippen LogP contribution in [-0.2, 0) is 11.3 Å². The van der Waals surface area contributed by atoms with Crippen LogP contribution in [0.1, 0.15) is 5.56 Å². The van der Waals surface area contributed by atoms with Crippen molar-refractivity contribution >= 4 is 0 Å². The lowest BCUT2D eigenvalue weighted by Gasteiger charge is -2.23. The molecule has 0 aliphatic rings. The normalized spacial score (nSPS) is 13.0. The Balaban J connectivity index is 2.37. The summed E-state index contributed by atoms with van der Waals surface area (Å²) in [5, 5.41) is 3.24. The Morgan fingerprint density at radius 3 is 2.69 bits per heavy atom. The first kappa shape index (κ1) is 13.1. The summed E-state index contributed by atoms with van der Waals surface area (Å²) in [6.07, 6.45) is 3.65. The van der Waals surface area contributed by atoms with Gasteiger partial charge in [0.25, 0.3) is 0 Å². The van der Waals surface area contributed by atoms with E-state index in [1.165, 1.54) is 5.56 Å².